The Balaban J connectivity index is 0.000000194. The van der Waals surface area contributed by atoms with Crippen LogP contribution in [0.25, 0.3) is 0 Å². The van der Waals surface area contributed by atoms with E-state index < -0.39 is 6.89 Å². The van der Waals surface area contributed by atoms with Crippen molar-refractivity contribution in [2.24, 2.45) is 0 Å². The Morgan fingerprint density at radius 1 is 0.500 bits per heavy atom. The molecule has 0 amide bonds. The number of hydrogen-bond acceptors (Lipinski definition) is 3. The van der Waals surface area contributed by atoms with Gasteiger partial charge in [0.15, 0.2) is 0 Å². The second kappa shape index (κ2) is 20.5. The third-order valence-electron chi connectivity index (χ3n) is 11.8. The van der Waals surface area contributed by atoms with Crippen molar-refractivity contribution in [2.75, 3.05) is 9.91 Å². The second-order valence-electron chi connectivity index (χ2n) is 14.9. The van der Waals surface area contributed by atoms with Crippen LogP contribution < -0.4 is 40.1 Å². The molecule has 4 aromatic carbocycles. The van der Waals surface area contributed by atoms with Gasteiger partial charge >= 0.3 is 152 Å². The molecule has 0 radical (unpaired) electrons. The second-order valence-corrected chi connectivity index (χ2v) is 19.9. The molecule has 3 nitrogen and oxygen atoms in total. The summed E-state index contributed by atoms with van der Waals surface area (Å²) in [6, 6.07) is 42.9. The third kappa shape index (κ3) is 9.54. The standard InChI is InChI=1S/C25H39P.C20H17N3.2ClH.Ru/c1-5-13-22(14-6-1)21-26(23-15-7-2-8-16-23,24-17-9-3-10-18-24)25-19-11-4-12-20-25;1-4-10-17(11-5-1)20-21-23(19-14-8-3-9-15-19)16-22(20)18-12-6-2-7-13-18;;;/h1,5-6,13-14,21,23-25H,2-4,7-12,15-20H2;1-15,20-21H;2*1H;/q;;;;+2/p-2. The monoisotopic (exact) mass is 841 g/mol. The van der Waals surface area contributed by atoms with Crippen LogP contribution in [0.3, 0.4) is 0 Å². The van der Waals surface area contributed by atoms with Crippen molar-refractivity contribution in [1.82, 2.24) is 5.43 Å². The molecule has 0 aromatic heterocycles. The van der Waals surface area contributed by atoms with Gasteiger partial charge in [-0.3, -0.25) is 0 Å². The zero-order valence-corrected chi connectivity index (χ0v) is 34.6. The fourth-order valence-corrected chi connectivity index (χ4v) is 17.2. The van der Waals surface area contributed by atoms with Crippen molar-refractivity contribution in [2.45, 2.75) is 119 Å². The summed E-state index contributed by atoms with van der Waals surface area (Å²) in [4.78, 5) is 2.30. The van der Waals surface area contributed by atoms with Crippen molar-refractivity contribution < 1.29 is 42.7 Å². The van der Waals surface area contributed by atoms with Gasteiger partial charge in [0.05, 0.1) is 0 Å². The first-order chi connectivity index (χ1) is 24.7. The van der Waals surface area contributed by atoms with Crippen LogP contribution in [-0.4, -0.2) is 27.1 Å². The van der Waals surface area contributed by atoms with Crippen LogP contribution in [0.2, 0.25) is 0 Å². The molecule has 7 heteroatoms. The molecule has 1 unspecified atom stereocenters. The molecule has 4 aromatic rings. The average Bonchev–Trinajstić information content (AvgIpc) is 3.56. The van der Waals surface area contributed by atoms with Crippen molar-refractivity contribution in [3.8, 4) is 0 Å². The fourth-order valence-electron chi connectivity index (χ4n) is 9.49. The maximum absolute atomic E-state index is 3.63. The first-order valence-corrected chi connectivity index (χ1v) is 22.5. The normalized spacial score (nSPS) is 20.2. The topological polar surface area (TPSA) is 18.5 Å². The van der Waals surface area contributed by atoms with E-state index in [1.807, 2.05) is 18.2 Å². The van der Waals surface area contributed by atoms with Crippen LogP contribution >= 0.6 is 6.89 Å². The summed E-state index contributed by atoms with van der Waals surface area (Å²) in [6.45, 7) is -1.07. The summed E-state index contributed by atoms with van der Waals surface area (Å²) in [5.74, 6) is 2.95. The number of benzene rings is 4. The van der Waals surface area contributed by atoms with Crippen LogP contribution in [0.5, 0.6) is 0 Å². The molecule has 1 atom stereocenters. The van der Waals surface area contributed by atoms with E-state index in [0.717, 1.165) is 32.7 Å². The van der Waals surface area contributed by atoms with E-state index in [4.69, 9.17) is 0 Å². The summed E-state index contributed by atoms with van der Waals surface area (Å²) in [6.07, 6.45) is 22.9. The van der Waals surface area contributed by atoms with Crippen LogP contribution in [0.15, 0.2) is 121 Å². The number of nitrogens with zero attached hydrogens (tertiary/aromatic N) is 2. The third-order valence-corrected chi connectivity index (χ3v) is 18.7. The van der Waals surface area contributed by atoms with Crippen LogP contribution in [0.4, 0.5) is 11.4 Å². The van der Waals surface area contributed by atoms with Crippen molar-refractivity contribution >= 4 is 28.4 Å². The van der Waals surface area contributed by atoms with E-state index in [-0.39, 0.29) is 31.0 Å². The molecule has 0 bridgehead atoms. The van der Waals surface area contributed by atoms with Crippen LogP contribution in [-0.2, 0) is 17.9 Å². The van der Waals surface area contributed by atoms with E-state index >= 15 is 0 Å². The number of nitrogens with one attached hydrogen (secondary N) is 1. The number of hydrogen-bond donors (Lipinski definition) is 1. The van der Waals surface area contributed by atoms with Crippen molar-refractivity contribution in [3.63, 3.8) is 0 Å². The molecule has 1 heterocycles. The molecule has 8 rings (SSSR count). The summed E-state index contributed by atoms with van der Waals surface area (Å²) < 4.78 is 1.08. The van der Waals surface area contributed by atoms with Crippen LogP contribution in [0.1, 0.15) is 114 Å². The molecule has 1 aliphatic heterocycles. The fraction of sp³-hybridized carbons (Fsp3) is 0.422. The quantitative estimate of drug-likeness (QED) is 0.190. The summed E-state index contributed by atoms with van der Waals surface area (Å²) >= 11 is 2.76. The van der Waals surface area contributed by atoms with Gasteiger partial charge in [-0.05, 0) is 61.1 Å². The Kier molecular flexibility index (Phi) is 16.1. The van der Waals surface area contributed by atoms with Gasteiger partial charge in [0.25, 0.3) is 0 Å². The van der Waals surface area contributed by atoms with Gasteiger partial charge in [0.1, 0.15) is 0 Å². The molecular formula is C45H56Cl2N3PRu. The Morgan fingerprint density at radius 2 is 0.885 bits per heavy atom. The maximum atomic E-state index is 3.63. The molecule has 4 aliphatic rings. The summed E-state index contributed by atoms with van der Waals surface area (Å²) in [7, 11) is 0. The minimum absolute atomic E-state index is 0. The molecular weight excluding hydrogens is 785 g/mol. The van der Waals surface area contributed by atoms with Gasteiger partial charge in [-0.25, -0.2) is 0 Å². The van der Waals surface area contributed by atoms with E-state index in [1.165, 1.54) is 63.4 Å². The van der Waals surface area contributed by atoms with Gasteiger partial charge in [-0.15, -0.1) is 0 Å². The van der Waals surface area contributed by atoms with Gasteiger partial charge in [0, 0.05) is 0 Å². The van der Waals surface area contributed by atoms with Gasteiger partial charge < -0.3 is 24.8 Å². The first kappa shape index (κ1) is 41.0. The molecule has 3 saturated carbocycles. The molecule has 4 fully saturated rings. The van der Waals surface area contributed by atoms with E-state index in [2.05, 4.69) is 142 Å². The van der Waals surface area contributed by atoms with Crippen LogP contribution in [0, 0.1) is 0 Å². The zero-order valence-electron chi connectivity index (χ0n) is 30.5. The Labute approximate surface area is 336 Å². The molecule has 1 N–H and O–H groups in total. The number of rotatable bonds is 7. The SMILES string of the molecule is C(c1ccccc1)=P(C1CCCCC1)(C1CCCCC1)C1CCCCC1.[Cl-].[Cl-].[Ru+2]=[C]1N(c2ccccc2)NC(c2ccccc2)N1c1ccccc1. The number of para-hydroxylation sites is 2. The van der Waals surface area contributed by atoms with Crippen molar-refractivity contribution in [1.29, 1.82) is 0 Å². The number of halogens is 2. The van der Waals surface area contributed by atoms with Gasteiger partial charge in [-0.1, -0.05) is 101 Å². The molecule has 3 aliphatic carbocycles. The minimum atomic E-state index is -1.07. The van der Waals surface area contributed by atoms with Crippen molar-refractivity contribution in [3.05, 3.63) is 132 Å². The molecule has 52 heavy (non-hydrogen) atoms. The average molecular weight is 842 g/mol. The first-order valence-electron chi connectivity index (χ1n) is 19.5. The van der Waals surface area contributed by atoms with E-state index in [1.54, 1.807) is 44.1 Å². The Morgan fingerprint density at radius 3 is 1.33 bits per heavy atom. The Bertz CT molecular complexity index is 1620. The Hall–Kier alpha value is -2.19. The van der Waals surface area contributed by atoms with E-state index in [9.17, 15) is 0 Å². The zero-order chi connectivity index (χ0) is 34.0. The molecule has 0 spiro atoms. The molecule has 278 valence electrons. The van der Waals surface area contributed by atoms with E-state index in [0.29, 0.717) is 0 Å². The predicted molar refractivity (Wildman–Crippen MR) is 214 cm³/mol. The predicted octanol–water partition coefficient (Wildman–Crippen LogP) is 5.71. The van der Waals surface area contributed by atoms with Gasteiger partial charge in [-0.2, -0.15) is 0 Å². The number of anilines is 2. The summed E-state index contributed by atoms with van der Waals surface area (Å²) in [5.41, 5.74) is 11.9. The molecule has 1 saturated heterocycles. The summed E-state index contributed by atoms with van der Waals surface area (Å²) in [5, 5.41) is 2.13. The van der Waals surface area contributed by atoms with Gasteiger partial charge in [0.2, 0.25) is 0 Å². The number of hydrazine groups is 1.